The molecule has 2 unspecified atom stereocenters. The minimum Gasteiger partial charge on any atom is -0.482 e. The Labute approximate surface area is 121 Å². The Hall–Kier alpha value is -2.57. The molecule has 110 valence electrons. The zero-order valence-electron chi connectivity index (χ0n) is 11.6. The summed E-state index contributed by atoms with van der Waals surface area (Å²) in [5, 5.41) is 9.32. The topological polar surface area (TPSA) is 89.1 Å². The monoisotopic (exact) mass is 288 g/mol. The number of aromatic amines is 1. The first-order valence-electron chi connectivity index (χ1n) is 6.78. The maximum atomic E-state index is 12.2. The number of para-hydroxylation sites is 2. The lowest BCUT2D eigenvalue weighted by Gasteiger charge is -2.30. The van der Waals surface area contributed by atoms with Crippen molar-refractivity contribution in [3.8, 4) is 11.5 Å². The molecule has 7 heteroatoms. The van der Waals surface area contributed by atoms with Crippen LogP contribution in [0.1, 0.15) is 12.7 Å². The Morgan fingerprint density at radius 2 is 2.10 bits per heavy atom. The third-order valence-electron chi connectivity index (χ3n) is 3.23. The summed E-state index contributed by atoms with van der Waals surface area (Å²) < 4.78 is 11.4. The molecule has 3 rings (SSSR count). The molecule has 2 atom stereocenters. The van der Waals surface area contributed by atoms with E-state index in [-0.39, 0.29) is 12.0 Å². The molecular formula is C14H16N4O3. The molecule has 21 heavy (non-hydrogen) atoms. The highest BCUT2D eigenvalue weighted by Crippen LogP contribution is 2.33. The third-order valence-corrected chi connectivity index (χ3v) is 3.23. The molecule has 2 heterocycles. The first-order valence-corrected chi connectivity index (χ1v) is 6.78. The Morgan fingerprint density at radius 1 is 1.33 bits per heavy atom. The van der Waals surface area contributed by atoms with E-state index in [1.807, 2.05) is 25.1 Å². The fourth-order valence-corrected chi connectivity index (χ4v) is 2.16. The van der Waals surface area contributed by atoms with Crippen molar-refractivity contribution in [1.29, 1.82) is 0 Å². The number of rotatable bonds is 4. The summed E-state index contributed by atoms with van der Waals surface area (Å²) in [4.78, 5) is 16.2. The van der Waals surface area contributed by atoms with E-state index in [1.54, 1.807) is 6.07 Å². The van der Waals surface area contributed by atoms with Gasteiger partial charge in [-0.05, 0) is 19.1 Å². The molecule has 2 aromatic rings. The number of hydrogen-bond donors (Lipinski definition) is 2. The first-order chi connectivity index (χ1) is 10.2. The second-order valence-electron chi connectivity index (χ2n) is 4.78. The highest BCUT2D eigenvalue weighted by Gasteiger charge is 2.33. The van der Waals surface area contributed by atoms with Gasteiger partial charge in [-0.25, -0.2) is 4.98 Å². The van der Waals surface area contributed by atoms with Crippen molar-refractivity contribution in [3.63, 3.8) is 0 Å². The van der Waals surface area contributed by atoms with E-state index < -0.39 is 6.10 Å². The van der Waals surface area contributed by atoms with Crippen LogP contribution in [0.4, 0.5) is 0 Å². The van der Waals surface area contributed by atoms with Gasteiger partial charge in [0.25, 0.3) is 5.91 Å². The molecule has 1 aliphatic rings. The largest absolute Gasteiger partial charge is 0.482 e. The number of benzene rings is 1. The summed E-state index contributed by atoms with van der Waals surface area (Å²) in [6.45, 7) is 2.28. The number of fused-ring (bicyclic) bond motifs is 1. The Bertz CT molecular complexity index is 614. The Kier molecular flexibility index (Phi) is 3.72. The van der Waals surface area contributed by atoms with Gasteiger partial charge in [0.1, 0.15) is 18.3 Å². The highest BCUT2D eigenvalue weighted by molar-refractivity contribution is 5.82. The molecular weight excluding hydrogens is 272 g/mol. The predicted octanol–water partition coefficient (Wildman–Crippen LogP) is 0.692. The number of carbonyl (C=O) groups excluding carboxylic acids is 1. The SMILES string of the molecule is CC1Oc2ccccc2OC1C(=O)NCCc1ncn[nH]1. The van der Waals surface area contributed by atoms with E-state index in [4.69, 9.17) is 9.47 Å². The van der Waals surface area contributed by atoms with Gasteiger partial charge in [0, 0.05) is 13.0 Å². The van der Waals surface area contributed by atoms with Crippen LogP contribution in [0.25, 0.3) is 0 Å². The van der Waals surface area contributed by atoms with Crippen LogP contribution in [0.2, 0.25) is 0 Å². The van der Waals surface area contributed by atoms with Crippen LogP contribution < -0.4 is 14.8 Å². The van der Waals surface area contributed by atoms with Crippen LogP contribution in [-0.2, 0) is 11.2 Å². The van der Waals surface area contributed by atoms with Crippen molar-refractivity contribution >= 4 is 5.91 Å². The van der Waals surface area contributed by atoms with E-state index in [1.165, 1.54) is 6.33 Å². The van der Waals surface area contributed by atoms with Crippen LogP contribution in [0.5, 0.6) is 11.5 Å². The van der Waals surface area contributed by atoms with Gasteiger partial charge in [0.15, 0.2) is 11.5 Å². The van der Waals surface area contributed by atoms with Gasteiger partial charge in [0.2, 0.25) is 6.10 Å². The average molecular weight is 288 g/mol. The lowest BCUT2D eigenvalue weighted by molar-refractivity contribution is -0.133. The lowest BCUT2D eigenvalue weighted by atomic mass is 10.1. The van der Waals surface area contributed by atoms with Crippen LogP contribution >= 0.6 is 0 Å². The minimum absolute atomic E-state index is 0.198. The molecule has 1 aromatic carbocycles. The zero-order valence-corrected chi connectivity index (χ0v) is 11.6. The molecule has 0 spiro atoms. The summed E-state index contributed by atoms with van der Waals surface area (Å²) in [5.74, 6) is 1.78. The number of aromatic nitrogens is 3. The summed E-state index contributed by atoms with van der Waals surface area (Å²) in [6, 6.07) is 7.32. The molecule has 1 amide bonds. The van der Waals surface area contributed by atoms with Crippen molar-refractivity contribution in [3.05, 3.63) is 36.4 Å². The van der Waals surface area contributed by atoms with Crippen molar-refractivity contribution in [2.24, 2.45) is 0 Å². The molecule has 0 fully saturated rings. The van der Waals surface area contributed by atoms with Gasteiger partial charge in [-0.3, -0.25) is 9.89 Å². The van der Waals surface area contributed by atoms with E-state index >= 15 is 0 Å². The second-order valence-corrected chi connectivity index (χ2v) is 4.78. The second kappa shape index (κ2) is 5.82. The first kappa shape index (κ1) is 13.4. The fourth-order valence-electron chi connectivity index (χ4n) is 2.16. The number of carbonyl (C=O) groups is 1. The van der Waals surface area contributed by atoms with Gasteiger partial charge in [0.05, 0.1) is 0 Å². The number of amides is 1. The Morgan fingerprint density at radius 3 is 2.81 bits per heavy atom. The average Bonchev–Trinajstić information content (AvgIpc) is 2.99. The number of nitrogens with zero attached hydrogens (tertiary/aromatic N) is 2. The number of H-pyrrole nitrogens is 1. The smallest absolute Gasteiger partial charge is 0.265 e. The molecule has 1 aromatic heterocycles. The van der Waals surface area contributed by atoms with Crippen molar-refractivity contribution in [1.82, 2.24) is 20.5 Å². The fraction of sp³-hybridized carbons (Fsp3) is 0.357. The van der Waals surface area contributed by atoms with Gasteiger partial charge in [-0.2, -0.15) is 5.10 Å². The van der Waals surface area contributed by atoms with E-state index in [9.17, 15) is 4.79 Å². The van der Waals surface area contributed by atoms with Crippen LogP contribution in [0, 0.1) is 0 Å². The molecule has 7 nitrogen and oxygen atoms in total. The molecule has 0 saturated heterocycles. The lowest BCUT2D eigenvalue weighted by Crippen LogP contribution is -2.49. The van der Waals surface area contributed by atoms with Gasteiger partial charge in [-0.1, -0.05) is 12.1 Å². The van der Waals surface area contributed by atoms with Crippen molar-refractivity contribution < 1.29 is 14.3 Å². The standard InChI is InChI=1S/C14H16N4O3/c1-9-13(21-11-5-3-2-4-10(11)20-9)14(19)15-7-6-12-16-8-17-18-12/h2-5,8-9,13H,6-7H2,1H3,(H,15,19)(H,16,17,18). The molecule has 0 bridgehead atoms. The molecule has 2 N–H and O–H groups in total. The van der Waals surface area contributed by atoms with Gasteiger partial charge < -0.3 is 14.8 Å². The Balaban J connectivity index is 1.57. The number of nitrogens with one attached hydrogen (secondary N) is 2. The third kappa shape index (κ3) is 2.96. The molecule has 0 aliphatic carbocycles. The maximum absolute atomic E-state index is 12.2. The minimum atomic E-state index is -0.658. The molecule has 1 aliphatic heterocycles. The summed E-state index contributed by atoms with van der Waals surface area (Å²) in [6.07, 6.45) is 1.03. The maximum Gasteiger partial charge on any atom is 0.265 e. The van der Waals surface area contributed by atoms with Crippen molar-refractivity contribution in [2.45, 2.75) is 25.6 Å². The van der Waals surface area contributed by atoms with Gasteiger partial charge >= 0.3 is 0 Å². The van der Waals surface area contributed by atoms with Gasteiger partial charge in [-0.15, -0.1) is 0 Å². The van der Waals surface area contributed by atoms with E-state index in [0.717, 1.165) is 5.82 Å². The van der Waals surface area contributed by atoms with E-state index in [2.05, 4.69) is 20.5 Å². The van der Waals surface area contributed by atoms with Crippen molar-refractivity contribution in [2.75, 3.05) is 6.54 Å². The summed E-state index contributed by atoms with van der Waals surface area (Å²) in [7, 11) is 0. The predicted molar refractivity (Wildman–Crippen MR) is 74.0 cm³/mol. The highest BCUT2D eigenvalue weighted by atomic mass is 16.6. The summed E-state index contributed by atoms with van der Waals surface area (Å²) in [5.41, 5.74) is 0. The molecule has 0 radical (unpaired) electrons. The summed E-state index contributed by atoms with van der Waals surface area (Å²) >= 11 is 0. The quantitative estimate of drug-likeness (QED) is 0.864. The number of hydrogen-bond acceptors (Lipinski definition) is 5. The van der Waals surface area contributed by atoms with Crippen LogP contribution in [0.15, 0.2) is 30.6 Å². The van der Waals surface area contributed by atoms with Crippen LogP contribution in [-0.4, -0.2) is 39.8 Å². The number of ether oxygens (including phenoxy) is 2. The zero-order chi connectivity index (χ0) is 14.7. The molecule has 0 saturated carbocycles. The van der Waals surface area contributed by atoms with E-state index in [0.29, 0.717) is 24.5 Å². The van der Waals surface area contributed by atoms with Crippen LogP contribution in [0.3, 0.4) is 0 Å². The normalized spacial score (nSPS) is 20.0.